The third-order valence-corrected chi connectivity index (χ3v) is 4.95. The largest absolute Gasteiger partial charge is 0.356 e. The van der Waals surface area contributed by atoms with E-state index < -0.39 is 0 Å². The topological polar surface area (TPSA) is 69.5 Å². The molecule has 0 amide bonds. The highest BCUT2D eigenvalue weighted by Crippen LogP contribution is 2.12. The molecule has 0 radical (unpaired) electrons. The number of fused-ring (bicyclic) bond motifs is 1. The second-order valence-corrected chi connectivity index (χ2v) is 6.74. The van der Waals surface area contributed by atoms with Crippen molar-refractivity contribution in [3.05, 3.63) is 60.6 Å². The smallest absolute Gasteiger partial charge is 0.225 e. The van der Waals surface area contributed by atoms with E-state index >= 15 is 0 Å². The molecule has 144 valence electrons. The van der Waals surface area contributed by atoms with Crippen LogP contribution < -0.4 is 10.2 Å². The highest BCUT2D eigenvalue weighted by Gasteiger charge is 2.20. The Morgan fingerprint density at radius 2 is 1.79 bits per heavy atom. The van der Waals surface area contributed by atoms with Gasteiger partial charge >= 0.3 is 0 Å². The standard InChI is InChI=1S/C21H25N7/c1-22-20(27-13-15-28(16-14-27)21-23-10-4-11-24-21)25-12-9-18-8-7-17-5-2-3-6-19(17)26-18/h2-8,10-11H,9,12-16H2,1H3,(H,22,25). The first-order chi connectivity index (χ1) is 13.8. The fraction of sp³-hybridized carbons (Fsp3) is 0.333. The van der Waals surface area contributed by atoms with Crippen LogP contribution in [0.5, 0.6) is 0 Å². The number of hydrogen-bond donors (Lipinski definition) is 1. The number of rotatable bonds is 4. The summed E-state index contributed by atoms with van der Waals surface area (Å²) in [7, 11) is 1.84. The van der Waals surface area contributed by atoms with E-state index in [4.69, 9.17) is 4.98 Å². The molecule has 7 heteroatoms. The van der Waals surface area contributed by atoms with Crippen LogP contribution >= 0.6 is 0 Å². The predicted octanol–water partition coefficient (Wildman–Crippen LogP) is 1.96. The maximum absolute atomic E-state index is 4.74. The van der Waals surface area contributed by atoms with Gasteiger partial charge < -0.3 is 15.1 Å². The zero-order valence-electron chi connectivity index (χ0n) is 16.1. The summed E-state index contributed by atoms with van der Waals surface area (Å²) in [4.78, 5) is 22.4. The number of nitrogens with one attached hydrogen (secondary N) is 1. The van der Waals surface area contributed by atoms with Gasteiger partial charge in [0.15, 0.2) is 5.96 Å². The highest BCUT2D eigenvalue weighted by molar-refractivity contribution is 5.80. The zero-order chi connectivity index (χ0) is 19.2. The lowest BCUT2D eigenvalue weighted by molar-refractivity contribution is 0.370. The Labute approximate surface area is 165 Å². The zero-order valence-corrected chi connectivity index (χ0v) is 16.1. The number of piperazine rings is 1. The van der Waals surface area contributed by atoms with Crippen molar-refractivity contribution < 1.29 is 0 Å². The molecule has 1 N–H and O–H groups in total. The number of para-hydroxylation sites is 1. The van der Waals surface area contributed by atoms with Crippen molar-refractivity contribution in [2.75, 3.05) is 44.7 Å². The van der Waals surface area contributed by atoms with E-state index in [9.17, 15) is 0 Å². The van der Waals surface area contributed by atoms with Gasteiger partial charge in [0.25, 0.3) is 0 Å². The molecule has 0 bridgehead atoms. The second-order valence-electron chi connectivity index (χ2n) is 6.74. The van der Waals surface area contributed by atoms with E-state index in [2.05, 4.69) is 54.3 Å². The van der Waals surface area contributed by atoms with Gasteiger partial charge in [-0.05, 0) is 18.2 Å². The number of guanidine groups is 1. The lowest BCUT2D eigenvalue weighted by Gasteiger charge is -2.36. The summed E-state index contributed by atoms with van der Waals surface area (Å²) in [5, 5.41) is 4.65. The van der Waals surface area contributed by atoms with Crippen molar-refractivity contribution >= 4 is 22.8 Å². The molecule has 4 rings (SSSR count). The molecule has 7 nitrogen and oxygen atoms in total. The molecule has 1 aromatic carbocycles. The molecule has 2 aromatic heterocycles. The normalized spacial score (nSPS) is 15.1. The summed E-state index contributed by atoms with van der Waals surface area (Å²) in [5.41, 5.74) is 2.14. The summed E-state index contributed by atoms with van der Waals surface area (Å²) < 4.78 is 0. The van der Waals surface area contributed by atoms with Gasteiger partial charge in [0.05, 0.1) is 5.52 Å². The number of aliphatic imine (C=N–C) groups is 1. The van der Waals surface area contributed by atoms with Crippen LogP contribution in [0.3, 0.4) is 0 Å². The SMILES string of the molecule is CN=C(NCCc1ccc2ccccc2n1)N1CCN(c2ncccn2)CC1. The van der Waals surface area contributed by atoms with Gasteiger partial charge in [-0.2, -0.15) is 0 Å². The van der Waals surface area contributed by atoms with E-state index in [-0.39, 0.29) is 0 Å². The van der Waals surface area contributed by atoms with Crippen LogP contribution in [0, 0.1) is 0 Å². The summed E-state index contributed by atoms with van der Waals surface area (Å²) in [6.07, 6.45) is 4.44. The summed E-state index contributed by atoms with van der Waals surface area (Å²) in [6, 6.07) is 14.3. The molecule has 0 spiro atoms. The van der Waals surface area contributed by atoms with Gasteiger partial charge in [0.2, 0.25) is 5.95 Å². The van der Waals surface area contributed by atoms with Gasteiger partial charge in [-0.1, -0.05) is 24.3 Å². The van der Waals surface area contributed by atoms with Crippen molar-refractivity contribution in [2.45, 2.75) is 6.42 Å². The highest BCUT2D eigenvalue weighted by atomic mass is 15.4. The minimum Gasteiger partial charge on any atom is -0.356 e. The summed E-state index contributed by atoms with van der Waals surface area (Å²) in [5.74, 6) is 1.74. The first-order valence-electron chi connectivity index (χ1n) is 9.66. The van der Waals surface area contributed by atoms with Gasteiger partial charge in [-0.3, -0.25) is 9.98 Å². The number of pyridine rings is 1. The van der Waals surface area contributed by atoms with Crippen molar-refractivity contribution in [3.63, 3.8) is 0 Å². The number of nitrogens with zero attached hydrogens (tertiary/aromatic N) is 6. The van der Waals surface area contributed by atoms with E-state index in [1.807, 2.05) is 25.2 Å². The molecule has 1 saturated heterocycles. The Kier molecular flexibility index (Phi) is 5.61. The monoisotopic (exact) mass is 375 g/mol. The van der Waals surface area contributed by atoms with E-state index in [1.165, 1.54) is 5.39 Å². The third-order valence-electron chi connectivity index (χ3n) is 4.95. The molecule has 3 heterocycles. The van der Waals surface area contributed by atoms with Crippen LogP contribution in [0.25, 0.3) is 10.9 Å². The van der Waals surface area contributed by atoms with Crippen molar-refractivity contribution in [3.8, 4) is 0 Å². The summed E-state index contributed by atoms with van der Waals surface area (Å²) in [6.45, 7) is 4.37. The third kappa shape index (κ3) is 4.19. The molecule has 0 saturated carbocycles. The Bertz CT molecular complexity index is 934. The number of benzene rings is 1. The number of hydrogen-bond acceptors (Lipinski definition) is 5. The van der Waals surface area contributed by atoms with E-state index in [0.717, 1.165) is 62.3 Å². The molecular formula is C21H25N7. The van der Waals surface area contributed by atoms with Gasteiger partial charge in [-0.15, -0.1) is 0 Å². The number of anilines is 1. The van der Waals surface area contributed by atoms with Crippen molar-refractivity contribution in [1.82, 2.24) is 25.2 Å². The Morgan fingerprint density at radius 3 is 2.57 bits per heavy atom. The van der Waals surface area contributed by atoms with Crippen LogP contribution in [0.2, 0.25) is 0 Å². The van der Waals surface area contributed by atoms with Gasteiger partial charge in [-0.25, -0.2) is 9.97 Å². The predicted molar refractivity (Wildman–Crippen MR) is 113 cm³/mol. The fourth-order valence-electron chi connectivity index (χ4n) is 3.45. The molecule has 0 unspecified atom stereocenters. The Morgan fingerprint density at radius 1 is 1.00 bits per heavy atom. The van der Waals surface area contributed by atoms with Crippen LogP contribution in [-0.4, -0.2) is 65.6 Å². The van der Waals surface area contributed by atoms with Crippen LogP contribution in [0.15, 0.2) is 59.9 Å². The maximum Gasteiger partial charge on any atom is 0.225 e. The number of aromatic nitrogens is 3. The average molecular weight is 375 g/mol. The molecule has 1 aliphatic rings. The molecular weight excluding hydrogens is 350 g/mol. The lowest BCUT2D eigenvalue weighted by atomic mass is 10.2. The van der Waals surface area contributed by atoms with Crippen LogP contribution in [-0.2, 0) is 6.42 Å². The van der Waals surface area contributed by atoms with Gasteiger partial charge in [0, 0.05) is 69.7 Å². The average Bonchev–Trinajstić information content (AvgIpc) is 2.77. The molecule has 0 aliphatic carbocycles. The first-order valence-corrected chi connectivity index (χ1v) is 9.66. The molecule has 0 atom stereocenters. The minimum atomic E-state index is 0.799. The fourth-order valence-corrected chi connectivity index (χ4v) is 3.45. The maximum atomic E-state index is 4.74. The molecule has 3 aromatic rings. The Balaban J connectivity index is 1.29. The van der Waals surface area contributed by atoms with E-state index in [1.54, 1.807) is 12.4 Å². The quantitative estimate of drug-likeness (QED) is 0.555. The van der Waals surface area contributed by atoms with Gasteiger partial charge in [0.1, 0.15) is 0 Å². The lowest BCUT2D eigenvalue weighted by Crippen LogP contribution is -2.53. The minimum absolute atomic E-state index is 0.799. The summed E-state index contributed by atoms with van der Waals surface area (Å²) >= 11 is 0. The first kappa shape index (κ1) is 18.2. The van der Waals surface area contributed by atoms with E-state index in [0.29, 0.717) is 0 Å². The second kappa shape index (κ2) is 8.65. The van der Waals surface area contributed by atoms with Crippen LogP contribution in [0.4, 0.5) is 5.95 Å². The van der Waals surface area contributed by atoms with Crippen molar-refractivity contribution in [2.24, 2.45) is 4.99 Å². The Hall–Kier alpha value is -3.22. The molecule has 28 heavy (non-hydrogen) atoms. The molecule has 1 aliphatic heterocycles. The van der Waals surface area contributed by atoms with Crippen molar-refractivity contribution in [1.29, 1.82) is 0 Å². The molecule has 1 fully saturated rings. The van der Waals surface area contributed by atoms with Crippen LogP contribution in [0.1, 0.15) is 5.69 Å².